The number of benzene rings is 1. The highest BCUT2D eigenvalue weighted by molar-refractivity contribution is 6.00. The van der Waals surface area contributed by atoms with E-state index in [1.54, 1.807) is 26.0 Å². The van der Waals surface area contributed by atoms with Crippen LogP contribution in [-0.2, 0) is 16.7 Å². The number of amidine groups is 1. The van der Waals surface area contributed by atoms with Crippen LogP contribution in [0.3, 0.4) is 0 Å². The highest BCUT2D eigenvalue weighted by atomic mass is 19.1. The van der Waals surface area contributed by atoms with Crippen LogP contribution in [0.25, 0.3) is 0 Å². The molecule has 0 radical (unpaired) electrons. The molecule has 0 aliphatic carbocycles. The zero-order valence-corrected chi connectivity index (χ0v) is 15.4. The largest absolute Gasteiger partial charge is 0.431 e. The number of nitriles is 1. The molecule has 0 bridgehead atoms. The van der Waals surface area contributed by atoms with Gasteiger partial charge in [0.05, 0.1) is 11.3 Å². The second-order valence-corrected chi connectivity index (χ2v) is 6.64. The molecule has 2 heterocycles. The van der Waals surface area contributed by atoms with E-state index >= 15 is 0 Å². The molecule has 142 valence electrons. The Morgan fingerprint density at radius 1 is 1.36 bits per heavy atom. The Labute approximate surface area is 161 Å². The third-order valence-corrected chi connectivity index (χ3v) is 4.34. The summed E-state index contributed by atoms with van der Waals surface area (Å²) in [6, 6.07) is 7.61. The highest BCUT2D eigenvalue weighted by Gasteiger charge is 2.31. The third-order valence-electron chi connectivity index (χ3n) is 4.34. The number of pyridine rings is 1. The zero-order valence-electron chi connectivity index (χ0n) is 15.4. The average molecular weight is 379 g/mol. The number of rotatable bonds is 4. The van der Waals surface area contributed by atoms with E-state index in [1.807, 2.05) is 6.07 Å². The number of nitrogens with zero attached hydrogens (tertiary/aromatic N) is 3. The minimum atomic E-state index is -1.05. The average Bonchev–Trinajstić information content (AvgIpc) is 2.61. The van der Waals surface area contributed by atoms with Crippen molar-refractivity contribution in [3.63, 3.8) is 0 Å². The van der Waals surface area contributed by atoms with Crippen LogP contribution in [0.15, 0.2) is 47.3 Å². The van der Waals surface area contributed by atoms with Gasteiger partial charge in [-0.15, -0.1) is 0 Å². The lowest BCUT2D eigenvalue weighted by molar-refractivity contribution is 0.0989. The van der Waals surface area contributed by atoms with Gasteiger partial charge < -0.3 is 16.2 Å². The van der Waals surface area contributed by atoms with E-state index in [2.05, 4.69) is 9.98 Å². The summed E-state index contributed by atoms with van der Waals surface area (Å²) in [5.41, 5.74) is 11.8. The summed E-state index contributed by atoms with van der Waals surface area (Å²) < 4.78 is 19.7. The van der Waals surface area contributed by atoms with Crippen LogP contribution in [0.2, 0.25) is 0 Å². The number of nitrogens with two attached hydrogens (primary N) is 2. The van der Waals surface area contributed by atoms with Crippen LogP contribution in [-0.4, -0.2) is 16.8 Å². The Bertz CT molecular complexity index is 1050. The minimum absolute atomic E-state index is 0.0369. The molecule has 1 aromatic carbocycles. The summed E-state index contributed by atoms with van der Waals surface area (Å²) in [5, 5.41) is 8.87. The highest BCUT2D eigenvalue weighted by Crippen LogP contribution is 2.34. The molecule has 7 nitrogen and oxygen atoms in total. The Morgan fingerprint density at radius 3 is 2.75 bits per heavy atom. The molecule has 0 saturated heterocycles. The smallest absolute Gasteiger partial charge is 0.288 e. The topological polar surface area (TPSA) is 127 Å². The van der Waals surface area contributed by atoms with Crippen molar-refractivity contribution in [1.29, 1.82) is 5.26 Å². The maximum Gasteiger partial charge on any atom is 0.288 e. The fourth-order valence-corrected chi connectivity index (χ4v) is 3.13. The van der Waals surface area contributed by atoms with Crippen molar-refractivity contribution in [1.82, 2.24) is 4.98 Å². The summed E-state index contributed by atoms with van der Waals surface area (Å²) in [5.74, 6) is -0.311. The predicted molar refractivity (Wildman–Crippen MR) is 102 cm³/mol. The van der Waals surface area contributed by atoms with Crippen molar-refractivity contribution in [2.24, 2.45) is 10.7 Å². The number of anilines is 1. The minimum Gasteiger partial charge on any atom is -0.431 e. The van der Waals surface area contributed by atoms with Gasteiger partial charge in [0.15, 0.2) is 5.78 Å². The van der Waals surface area contributed by atoms with Gasteiger partial charge in [0, 0.05) is 18.2 Å². The molecule has 8 heteroatoms. The number of aromatic nitrogens is 1. The first-order valence-corrected chi connectivity index (χ1v) is 8.42. The third kappa shape index (κ3) is 3.69. The van der Waals surface area contributed by atoms with Crippen molar-refractivity contribution >= 4 is 17.5 Å². The Kier molecular flexibility index (Phi) is 4.84. The van der Waals surface area contributed by atoms with Crippen LogP contribution < -0.4 is 11.5 Å². The molecule has 0 saturated carbocycles. The first kappa shape index (κ1) is 19.0. The van der Waals surface area contributed by atoms with E-state index < -0.39 is 11.4 Å². The van der Waals surface area contributed by atoms with Gasteiger partial charge in [-0.3, -0.25) is 4.79 Å². The summed E-state index contributed by atoms with van der Waals surface area (Å²) in [6.07, 6.45) is 2.91. The monoisotopic (exact) mass is 379 g/mol. The summed E-state index contributed by atoms with van der Waals surface area (Å²) in [7, 11) is 0. The maximum atomic E-state index is 14.5. The summed E-state index contributed by atoms with van der Waals surface area (Å²) >= 11 is 0. The Hall–Kier alpha value is -3.73. The van der Waals surface area contributed by atoms with Gasteiger partial charge in [0.25, 0.3) is 6.02 Å². The van der Waals surface area contributed by atoms with E-state index in [4.69, 9.17) is 21.5 Å². The van der Waals surface area contributed by atoms with Crippen LogP contribution in [0.1, 0.15) is 41.0 Å². The van der Waals surface area contributed by atoms with Crippen LogP contribution in [0, 0.1) is 17.1 Å². The van der Waals surface area contributed by atoms with E-state index in [-0.39, 0.29) is 40.7 Å². The molecule has 3 rings (SSSR count). The molecule has 1 atom stereocenters. The fraction of sp³-hybridized carbons (Fsp3) is 0.200. The van der Waals surface area contributed by atoms with Gasteiger partial charge in [-0.1, -0.05) is 6.07 Å². The van der Waals surface area contributed by atoms with Crippen LogP contribution >= 0.6 is 0 Å². The lowest BCUT2D eigenvalue weighted by Gasteiger charge is -2.27. The number of ether oxygens (including phenoxy) is 1. The number of Topliss-reactive ketones (excluding diaryl/α,β-unsaturated/α-hetero) is 1. The summed E-state index contributed by atoms with van der Waals surface area (Å²) in [6.45, 7) is 3.40. The number of aliphatic imine (C=N–C) groups is 1. The normalized spacial score (nSPS) is 18.5. The Morgan fingerprint density at radius 2 is 2.11 bits per heavy atom. The van der Waals surface area contributed by atoms with E-state index in [0.29, 0.717) is 11.3 Å². The SMILES string of the molecule is CC1=C[C@@](C)(c2cc(CC(=O)c3ncc(C#N)cc3N)ccc2F)N=C(N)O1. The summed E-state index contributed by atoms with van der Waals surface area (Å²) in [4.78, 5) is 20.8. The molecule has 1 aromatic heterocycles. The van der Waals surface area contributed by atoms with E-state index in [9.17, 15) is 9.18 Å². The number of hydrogen-bond donors (Lipinski definition) is 2. The molecule has 0 unspecified atom stereocenters. The quantitative estimate of drug-likeness (QED) is 0.786. The van der Waals surface area contributed by atoms with Gasteiger partial charge in [0.1, 0.15) is 28.9 Å². The standard InChI is InChI=1S/C20H18FN5O2/c1-11-8-20(2,26-19(24)28-11)14-5-12(3-4-15(14)21)7-17(27)18-16(23)6-13(9-22)10-25-18/h3-6,8,10H,7,23H2,1-2H3,(H2,24,26)/t20-/m0/s1. The lowest BCUT2D eigenvalue weighted by atomic mass is 9.88. The number of ketones is 1. The van der Waals surface area contributed by atoms with Crippen LogP contribution in [0.5, 0.6) is 0 Å². The van der Waals surface area contributed by atoms with Gasteiger partial charge in [-0.2, -0.15) is 5.26 Å². The molecule has 1 aliphatic heterocycles. The van der Waals surface area contributed by atoms with Gasteiger partial charge in [0.2, 0.25) is 0 Å². The zero-order chi connectivity index (χ0) is 20.5. The number of carbonyl (C=O) groups excluding carboxylic acids is 1. The molecule has 1 aliphatic rings. The van der Waals surface area contributed by atoms with Gasteiger partial charge in [-0.05, 0) is 43.7 Å². The second kappa shape index (κ2) is 7.12. The predicted octanol–water partition coefficient (Wildman–Crippen LogP) is 2.56. The number of nitrogen functional groups attached to an aromatic ring is 1. The second-order valence-electron chi connectivity index (χ2n) is 6.64. The van der Waals surface area contributed by atoms with Crippen molar-refractivity contribution < 1.29 is 13.9 Å². The van der Waals surface area contributed by atoms with Gasteiger partial charge >= 0.3 is 0 Å². The first-order chi connectivity index (χ1) is 13.2. The number of halogens is 1. The number of allylic oxidation sites excluding steroid dienone is 1. The Balaban J connectivity index is 1.93. The first-order valence-electron chi connectivity index (χ1n) is 8.42. The molecule has 0 amide bonds. The molecule has 28 heavy (non-hydrogen) atoms. The van der Waals surface area contributed by atoms with Crippen molar-refractivity contribution in [2.75, 3.05) is 5.73 Å². The van der Waals surface area contributed by atoms with E-state index in [1.165, 1.54) is 24.4 Å². The fourth-order valence-electron chi connectivity index (χ4n) is 3.13. The molecule has 4 N–H and O–H groups in total. The molecular weight excluding hydrogens is 361 g/mol. The maximum absolute atomic E-state index is 14.5. The lowest BCUT2D eigenvalue weighted by Crippen LogP contribution is -2.30. The van der Waals surface area contributed by atoms with Crippen molar-refractivity contribution in [3.05, 3.63) is 70.5 Å². The van der Waals surface area contributed by atoms with E-state index in [0.717, 1.165) is 0 Å². The molecule has 2 aromatic rings. The number of hydrogen-bond acceptors (Lipinski definition) is 7. The number of carbonyl (C=O) groups is 1. The molecular formula is C20H18FN5O2. The van der Waals surface area contributed by atoms with Crippen molar-refractivity contribution in [2.45, 2.75) is 25.8 Å². The molecule has 0 fully saturated rings. The van der Waals surface area contributed by atoms with Crippen molar-refractivity contribution in [3.8, 4) is 6.07 Å². The van der Waals surface area contributed by atoms with Gasteiger partial charge in [-0.25, -0.2) is 14.4 Å². The molecule has 0 spiro atoms. The van der Waals surface area contributed by atoms with Crippen LogP contribution in [0.4, 0.5) is 10.1 Å².